The molecule has 21 heavy (non-hydrogen) atoms. The van der Waals surface area contributed by atoms with E-state index in [4.69, 9.17) is 4.74 Å². The molecule has 0 aromatic carbocycles. The van der Waals surface area contributed by atoms with Crippen LogP contribution >= 0.6 is 0 Å². The number of nitrogens with zero attached hydrogens (tertiary/aromatic N) is 1. The molecule has 1 aliphatic carbocycles. The van der Waals surface area contributed by atoms with Crippen LogP contribution in [0.2, 0.25) is 0 Å². The summed E-state index contributed by atoms with van der Waals surface area (Å²) in [7, 11) is 0. The van der Waals surface area contributed by atoms with Gasteiger partial charge in [0.05, 0.1) is 18.9 Å². The molecule has 0 radical (unpaired) electrons. The van der Waals surface area contributed by atoms with Gasteiger partial charge in [0.25, 0.3) is 0 Å². The molecular weight excluding hydrogens is 260 g/mol. The van der Waals surface area contributed by atoms with Gasteiger partial charge in [-0.3, -0.25) is 0 Å². The highest BCUT2D eigenvalue weighted by Crippen LogP contribution is 2.42. The van der Waals surface area contributed by atoms with E-state index >= 15 is 0 Å². The van der Waals surface area contributed by atoms with Gasteiger partial charge in [0.2, 0.25) is 0 Å². The zero-order valence-electron chi connectivity index (χ0n) is 12.2. The second-order valence-electron chi connectivity index (χ2n) is 7.10. The summed E-state index contributed by atoms with van der Waals surface area (Å²) in [6.07, 6.45) is 17.1. The standard InChI is InChI=1S/C18H22N2O/c1-2-4-16-13(3-1)7-14-9-20-10-15-11-21-6-5-12(15)8-17(20)18(14)19-16/h1-6,8,12-16,18-19H,7,9-11H2. The first-order valence-corrected chi connectivity index (χ1v) is 8.24. The molecule has 3 heteroatoms. The minimum absolute atomic E-state index is 0.528. The average molecular weight is 282 g/mol. The van der Waals surface area contributed by atoms with E-state index in [1.807, 2.05) is 6.26 Å². The highest BCUT2D eigenvalue weighted by atomic mass is 16.5. The Hall–Kier alpha value is -1.48. The zero-order chi connectivity index (χ0) is 13.8. The van der Waals surface area contributed by atoms with Crippen LogP contribution in [-0.2, 0) is 4.74 Å². The van der Waals surface area contributed by atoms with Crippen molar-refractivity contribution in [3.8, 4) is 0 Å². The van der Waals surface area contributed by atoms with E-state index < -0.39 is 0 Å². The number of hydrogen-bond donors (Lipinski definition) is 1. The largest absolute Gasteiger partial charge is 0.501 e. The topological polar surface area (TPSA) is 24.5 Å². The van der Waals surface area contributed by atoms with E-state index in [1.54, 1.807) is 5.70 Å². The van der Waals surface area contributed by atoms with Crippen molar-refractivity contribution in [3.05, 3.63) is 48.4 Å². The first-order valence-electron chi connectivity index (χ1n) is 8.24. The van der Waals surface area contributed by atoms with E-state index in [-0.39, 0.29) is 0 Å². The van der Waals surface area contributed by atoms with E-state index in [0.717, 1.165) is 19.1 Å². The summed E-state index contributed by atoms with van der Waals surface area (Å²) in [5.41, 5.74) is 1.55. The molecule has 0 aromatic heterocycles. The van der Waals surface area contributed by atoms with Crippen LogP contribution in [0.15, 0.2) is 48.4 Å². The molecule has 5 aliphatic rings. The van der Waals surface area contributed by atoms with Crippen molar-refractivity contribution in [2.24, 2.45) is 23.7 Å². The van der Waals surface area contributed by atoms with Crippen molar-refractivity contribution in [1.82, 2.24) is 10.2 Å². The molecule has 0 amide bonds. The normalized spacial score (nSPS) is 46.1. The Kier molecular flexibility index (Phi) is 2.60. The molecule has 4 heterocycles. The number of piperidine rings is 1. The lowest BCUT2D eigenvalue weighted by Crippen LogP contribution is -2.51. The minimum atomic E-state index is 0.528. The van der Waals surface area contributed by atoms with Gasteiger partial charge in [0.15, 0.2) is 0 Å². The molecule has 2 saturated heterocycles. The van der Waals surface area contributed by atoms with Crippen LogP contribution in [-0.4, -0.2) is 36.7 Å². The van der Waals surface area contributed by atoms with Gasteiger partial charge in [-0.25, -0.2) is 0 Å². The smallest absolute Gasteiger partial charge is 0.0926 e. The maximum Gasteiger partial charge on any atom is 0.0926 e. The van der Waals surface area contributed by atoms with Crippen molar-refractivity contribution in [2.45, 2.75) is 18.5 Å². The molecule has 6 atom stereocenters. The number of nitrogens with one attached hydrogen (secondary N) is 1. The predicted octanol–water partition coefficient (Wildman–Crippen LogP) is 2.06. The molecule has 0 bridgehead atoms. The predicted molar refractivity (Wildman–Crippen MR) is 82.3 cm³/mol. The Morgan fingerprint density at radius 3 is 3.00 bits per heavy atom. The number of rotatable bonds is 0. The van der Waals surface area contributed by atoms with Gasteiger partial charge in [0, 0.05) is 36.7 Å². The fourth-order valence-corrected chi connectivity index (χ4v) is 4.81. The van der Waals surface area contributed by atoms with Gasteiger partial charge in [-0.05, 0) is 24.3 Å². The first kappa shape index (κ1) is 12.1. The highest BCUT2D eigenvalue weighted by molar-refractivity contribution is 5.29. The van der Waals surface area contributed by atoms with E-state index in [0.29, 0.717) is 29.8 Å². The summed E-state index contributed by atoms with van der Waals surface area (Å²) in [6.45, 7) is 3.26. The van der Waals surface area contributed by atoms with Crippen molar-refractivity contribution >= 4 is 0 Å². The van der Waals surface area contributed by atoms with Crippen LogP contribution in [0, 0.1) is 23.7 Å². The Bertz CT molecular complexity index is 562. The van der Waals surface area contributed by atoms with Gasteiger partial charge in [0.1, 0.15) is 0 Å². The molecule has 0 aromatic rings. The van der Waals surface area contributed by atoms with Gasteiger partial charge < -0.3 is 15.0 Å². The van der Waals surface area contributed by atoms with Gasteiger partial charge >= 0.3 is 0 Å². The first-order chi connectivity index (χ1) is 10.4. The fraction of sp³-hybridized carbons (Fsp3) is 0.556. The van der Waals surface area contributed by atoms with E-state index in [1.165, 1.54) is 13.0 Å². The molecule has 0 spiro atoms. The highest BCUT2D eigenvalue weighted by Gasteiger charge is 2.46. The van der Waals surface area contributed by atoms with Crippen molar-refractivity contribution in [2.75, 3.05) is 19.7 Å². The second kappa shape index (κ2) is 4.51. The van der Waals surface area contributed by atoms with Gasteiger partial charge in [-0.1, -0.05) is 30.4 Å². The monoisotopic (exact) mass is 282 g/mol. The second-order valence-corrected chi connectivity index (χ2v) is 7.10. The summed E-state index contributed by atoms with van der Waals surface area (Å²) in [6, 6.07) is 1.08. The minimum Gasteiger partial charge on any atom is -0.501 e. The molecule has 2 fully saturated rings. The summed E-state index contributed by atoms with van der Waals surface area (Å²) in [5, 5.41) is 3.91. The lowest BCUT2D eigenvalue weighted by atomic mass is 9.78. The number of hydrogen-bond acceptors (Lipinski definition) is 3. The van der Waals surface area contributed by atoms with E-state index in [9.17, 15) is 0 Å². The Balaban J connectivity index is 1.45. The third-order valence-electron chi connectivity index (χ3n) is 5.88. The van der Waals surface area contributed by atoms with Crippen molar-refractivity contribution in [3.63, 3.8) is 0 Å². The molecule has 3 nitrogen and oxygen atoms in total. The third-order valence-corrected chi connectivity index (χ3v) is 5.88. The molecule has 110 valence electrons. The van der Waals surface area contributed by atoms with Crippen LogP contribution in [0.1, 0.15) is 6.42 Å². The fourth-order valence-electron chi connectivity index (χ4n) is 4.81. The lowest BCUT2D eigenvalue weighted by Gasteiger charge is -2.40. The number of ether oxygens (including phenoxy) is 1. The SMILES string of the molecule is C1=CC2CC3CN4CC5COC=CC5C=C4C3NC2C=C1. The molecule has 4 aliphatic heterocycles. The average Bonchev–Trinajstić information content (AvgIpc) is 2.87. The summed E-state index contributed by atoms with van der Waals surface area (Å²) >= 11 is 0. The lowest BCUT2D eigenvalue weighted by molar-refractivity contribution is 0.121. The number of allylic oxidation sites excluding steroid dienone is 4. The van der Waals surface area contributed by atoms with Crippen LogP contribution in [0.5, 0.6) is 0 Å². The molecule has 0 saturated carbocycles. The quantitative estimate of drug-likeness (QED) is 0.736. The third kappa shape index (κ3) is 1.83. The summed E-state index contributed by atoms with van der Waals surface area (Å²) in [4.78, 5) is 2.62. The van der Waals surface area contributed by atoms with E-state index in [2.05, 4.69) is 46.7 Å². The van der Waals surface area contributed by atoms with Crippen LogP contribution < -0.4 is 5.32 Å². The van der Waals surface area contributed by atoms with Gasteiger partial charge in [-0.15, -0.1) is 0 Å². The molecule has 1 N–H and O–H groups in total. The summed E-state index contributed by atoms with van der Waals surface area (Å²) < 4.78 is 5.51. The Morgan fingerprint density at radius 2 is 2.00 bits per heavy atom. The molecule has 6 unspecified atom stereocenters. The van der Waals surface area contributed by atoms with Crippen molar-refractivity contribution < 1.29 is 4.74 Å². The Labute approximate surface area is 126 Å². The molecular formula is C18H22N2O. The summed E-state index contributed by atoms with van der Waals surface area (Å²) in [5.74, 6) is 2.66. The van der Waals surface area contributed by atoms with Gasteiger partial charge in [-0.2, -0.15) is 0 Å². The maximum absolute atomic E-state index is 5.51. The van der Waals surface area contributed by atoms with Crippen LogP contribution in [0.25, 0.3) is 0 Å². The zero-order valence-corrected chi connectivity index (χ0v) is 12.2. The van der Waals surface area contributed by atoms with Crippen LogP contribution in [0.3, 0.4) is 0 Å². The number of fused-ring (bicyclic) bond motifs is 5. The maximum atomic E-state index is 5.51. The Morgan fingerprint density at radius 1 is 1.10 bits per heavy atom. The van der Waals surface area contributed by atoms with Crippen molar-refractivity contribution in [1.29, 1.82) is 0 Å². The molecule has 5 rings (SSSR count). The van der Waals surface area contributed by atoms with Crippen LogP contribution in [0.4, 0.5) is 0 Å².